The minimum absolute atomic E-state index is 0.223. The van der Waals surface area contributed by atoms with Crippen molar-refractivity contribution in [2.24, 2.45) is 0 Å². The van der Waals surface area contributed by atoms with Crippen LogP contribution < -0.4 is 0 Å². The highest BCUT2D eigenvalue weighted by Crippen LogP contribution is 2.32. The van der Waals surface area contributed by atoms with Crippen LogP contribution in [0.4, 0.5) is 0 Å². The average Bonchev–Trinajstić information content (AvgIpc) is 2.11. The quantitative estimate of drug-likeness (QED) is 0.398. The van der Waals surface area contributed by atoms with Crippen molar-refractivity contribution in [2.45, 2.75) is 39.3 Å². The van der Waals surface area contributed by atoms with Crippen LogP contribution in [-0.4, -0.2) is 22.5 Å². The summed E-state index contributed by atoms with van der Waals surface area (Å²) in [6.45, 7) is 9.63. The molecule has 60 valence electrons. The van der Waals surface area contributed by atoms with E-state index in [4.69, 9.17) is 4.18 Å². The van der Waals surface area contributed by atoms with E-state index in [-0.39, 0.29) is 5.54 Å². The third kappa shape index (κ3) is 1.65. The molecular formula is C7H15NOS. The number of nitrogens with zero attached hydrogens (tertiary/aromatic N) is 1. The Morgan fingerprint density at radius 1 is 1.50 bits per heavy atom. The molecule has 1 aliphatic heterocycles. The van der Waals surface area contributed by atoms with E-state index in [1.54, 1.807) is 0 Å². The standard InChI is InChI=1S/C7H15NOS/c1-6-5-9-10-8(6)7(2,3)4/h6H,5H2,1-4H3/t6-/m0/s1. The van der Waals surface area contributed by atoms with Gasteiger partial charge in [-0.25, -0.2) is 4.31 Å². The Morgan fingerprint density at radius 3 is 2.30 bits per heavy atom. The highest BCUT2D eigenvalue weighted by Gasteiger charge is 2.32. The van der Waals surface area contributed by atoms with Crippen LogP contribution in [0.15, 0.2) is 0 Å². The van der Waals surface area contributed by atoms with E-state index in [1.165, 1.54) is 12.2 Å². The fourth-order valence-electron chi connectivity index (χ4n) is 1.10. The van der Waals surface area contributed by atoms with Crippen molar-refractivity contribution in [3.05, 3.63) is 0 Å². The Kier molecular flexibility index (Phi) is 2.28. The normalized spacial score (nSPS) is 29.4. The molecule has 0 amide bonds. The molecule has 2 nitrogen and oxygen atoms in total. The van der Waals surface area contributed by atoms with Crippen LogP contribution in [-0.2, 0) is 4.18 Å². The van der Waals surface area contributed by atoms with Crippen molar-refractivity contribution in [2.75, 3.05) is 6.61 Å². The molecule has 0 bridgehead atoms. The van der Waals surface area contributed by atoms with E-state index in [0.29, 0.717) is 6.04 Å². The molecule has 1 atom stereocenters. The van der Waals surface area contributed by atoms with Gasteiger partial charge in [-0.05, 0) is 27.7 Å². The molecule has 1 heterocycles. The van der Waals surface area contributed by atoms with Crippen molar-refractivity contribution in [1.29, 1.82) is 0 Å². The van der Waals surface area contributed by atoms with E-state index in [2.05, 4.69) is 32.0 Å². The first-order valence-corrected chi connectivity index (χ1v) is 4.30. The maximum Gasteiger partial charge on any atom is 0.0828 e. The topological polar surface area (TPSA) is 12.5 Å². The fourth-order valence-corrected chi connectivity index (χ4v) is 1.90. The zero-order chi connectivity index (χ0) is 7.78. The molecule has 0 N–H and O–H groups in total. The maximum atomic E-state index is 5.24. The average molecular weight is 161 g/mol. The maximum absolute atomic E-state index is 5.24. The zero-order valence-corrected chi connectivity index (χ0v) is 7.86. The molecule has 0 aromatic rings. The molecule has 10 heavy (non-hydrogen) atoms. The minimum Gasteiger partial charge on any atom is -0.299 e. The van der Waals surface area contributed by atoms with Crippen molar-refractivity contribution in [3.8, 4) is 0 Å². The number of hydrogen-bond acceptors (Lipinski definition) is 3. The van der Waals surface area contributed by atoms with E-state index in [1.807, 2.05) is 0 Å². The lowest BCUT2D eigenvalue weighted by molar-refractivity contribution is 0.225. The van der Waals surface area contributed by atoms with Crippen molar-refractivity contribution in [3.63, 3.8) is 0 Å². The lowest BCUT2D eigenvalue weighted by atomic mass is 10.1. The summed E-state index contributed by atoms with van der Waals surface area (Å²) in [4.78, 5) is 0. The largest absolute Gasteiger partial charge is 0.299 e. The minimum atomic E-state index is 0.223. The fraction of sp³-hybridized carbons (Fsp3) is 1.00. The summed E-state index contributed by atoms with van der Waals surface area (Å²) < 4.78 is 7.52. The SMILES string of the molecule is C[C@H]1COSN1C(C)(C)C. The molecular weight excluding hydrogens is 146 g/mol. The summed E-state index contributed by atoms with van der Waals surface area (Å²) in [5.41, 5.74) is 0.223. The summed E-state index contributed by atoms with van der Waals surface area (Å²) in [7, 11) is 0. The number of rotatable bonds is 0. The van der Waals surface area contributed by atoms with Crippen LogP contribution in [0.2, 0.25) is 0 Å². The highest BCUT2D eigenvalue weighted by atomic mass is 32.2. The monoisotopic (exact) mass is 161 g/mol. The molecule has 0 aliphatic carbocycles. The van der Waals surface area contributed by atoms with Crippen LogP contribution in [0.1, 0.15) is 27.7 Å². The van der Waals surface area contributed by atoms with Gasteiger partial charge >= 0.3 is 0 Å². The summed E-state index contributed by atoms with van der Waals surface area (Å²) in [5.74, 6) is 0. The molecule has 0 aromatic carbocycles. The van der Waals surface area contributed by atoms with Crippen molar-refractivity contribution >= 4 is 12.2 Å². The van der Waals surface area contributed by atoms with Gasteiger partial charge in [0.1, 0.15) is 0 Å². The van der Waals surface area contributed by atoms with Crippen LogP contribution in [0.3, 0.4) is 0 Å². The van der Waals surface area contributed by atoms with E-state index < -0.39 is 0 Å². The Balaban J connectivity index is 2.55. The van der Waals surface area contributed by atoms with E-state index in [0.717, 1.165) is 6.61 Å². The van der Waals surface area contributed by atoms with Gasteiger partial charge in [0.25, 0.3) is 0 Å². The second kappa shape index (κ2) is 2.72. The van der Waals surface area contributed by atoms with Crippen molar-refractivity contribution in [1.82, 2.24) is 4.31 Å². The summed E-state index contributed by atoms with van der Waals surface area (Å²) in [6.07, 6.45) is 0. The Morgan fingerprint density at radius 2 is 2.10 bits per heavy atom. The van der Waals surface area contributed by atoms with E-state index >= 15 is 0 Å². The van der Waals surface area contributed by atoms with Crippen LogP contribution in [0.25, 0.3) is 0 Å². The predicted molar refractivity (Wildman–Crippen MR) is 44.6 cm³/mol. The van der Waals surface area contributed by atoms with Gasteiger partial charge in [0.05, 0.1) is 18.8 Å². The van der Waals surface area contributed by atoms with Crippen molar-refractivity contribution < 1.29 is 4.18 Å². The van der Waals surface area contributed by atoms with Crippen LogP contribution in [0, 0.1) is 0 Å². The molecule has 1 saturated heterocycles. The molecule has 0 radical (unpaired) electrons. The van der Waals surface area contributed by atoms with Gasteiger partial charge in [-0.1, -0.05) is 0 Å². The first kappa shape index (κ1) is 8.37. The second-order valence-electron chi connectivity index (χ2n) is 3.70. The number of hydrogen-bond donors (Lipinski definition) is 0. The molecule has 1 aliphatic rings. The molecule has 1 fully saturated rings. The zero-order valence-electron chi connectivity index (χ0n) is 7.05. The summed E-state index contributed by atoms with van der Waals surface area (Å²) in [6, 6.07) is 0.546. The molecule has 0 spiro atoms. The van der Waals surface area contributed by atoms with Crippen LogP contribution >= 0.6 is 12.2 Å². The molecule has 1 rings (SSSR count). The van der Waals surface area contributed by atoms with Gasteiger partial charge in [0.15, 0.2) is 0 Å². The molecule has 0 saturated carbocycles. The first-order valence-electron chi connectivity index (χ1n) is 3.61. The second-order valence-corrected chi connectivity index (χ2v) is 4.48. The van der Waals surface area contributed by atoms with E-state index in [9.17, 15) is 0 Å². The molecule has 0 unspecified atom stereocenters. The smallest absolute Gasteiger partial charge is 0.0828 e. The molecule has 3 heteroatoms. The molecule has 0 aromatic heterocycles. The van der Waals surface area contributed by atoms with Crippen LogP contribution in [0.5, 0.6) is 0 Å². The van der Waals surface area contributed by atoms with Gasteiger partial charge in [-0.2, -0.15) is 0 Å². The first-order chi connectivity index (χ1) is 4.52. The van der Waals surface area contributed by atoms with Gasteiger partial charge in [0.2, 0.25) is 0 Å². The summed E-state index contributed by atoms with van der Waals surface area (Å²) in [5, 5.41) is 0. The third-order valence-electron chi connectivity index (χ3n) is 1.50. The predicted octanol–water partition coefficient (Wildman–Crippen LogP) is 2.07. The summed E-state index contributed by atoms with van der Waals surface area (Å²) >= 11 is 1.49. The Bertz CT molecular complexity index is 121. The van der Waals surface area contributed by atoms with Gasteiger partial charge in [0, 0.05) is 11.6 Å². The highest BCUT2D eigenvalue weighted by molar-refractivity contribution is 7.92. The van der Waals surface area contributed by atoms with Gasteiger partial charge < -0.3 is 0 Å². The van der Waals surface area contributed by atoms with Gasteiger partial charge in [-0.15, -0.1) is 0 Å². The Hall–Kier alpha value is 0.270. The Labute approximate surface area is 67.3 Å². The third-order valence-corrected chi connectivity index (χ3v) is 2.81. The lowest BCUT2D eigenvalue weighted by Crippen LogP contribution is -2.39. The van der Waals surface area contributed by atoms with Gasteiger partial charge in [-0.3, -0.25) is 4.18 Å². The lowest BCUT2D eigenvalue weighted by Gasteiger charge is -2.31.